The molecule has 0 unspecified atom stereocenters. The summed E-state index contributed by atoms with van der Waals surface area (Å²) in [5.74, 6) is -0.784. The molecule has 0 bridgehead atoms. The van der Waals surface area contributed by atoms with Gasteiger partial charge in [0.15, 0.2) is 0 Å². The zero-order chi connectivity index (χ0) is 20.8. The molecule has 0 radical (unpaired) electrons. The SMILES string of the molecule is CCOC(=O)c1c(-c2ccc(C)cc2)csc1NC(=O)/C(C#N)=C/c1ccco1. The van der Waals surface area contributed by atoms with Crippen molar-refractivity contribution in [1.29, 1.82) is 5.26 Å². The summed E-state index contributed by atoms with van der Waals surface area (Å²) in [5.41, 5.74) is 2.72. The molecule has 2 aromatic heterocycles. The van der Waals surface area contributed by atoms with Gasteiger partial charge in [0.1, 0.15) is 28.0 Å². The maximum Gasteiger partial charge on any atom is 0.341 e. The van der Waals surface area contributed by atoms with Crippen LogP contribution in [-0.2, 0) is 9.53 Å². The van der Waals surface area contributed by atoms with Gasteiger partial charge in [-0.1, -0.05) is 29.8 Å². The number of hydrogen-bond acceptors (Lipinski definition) is 6. The molecule has 0 fully saturated rings. The third kappa shape index (κ3) is 4.62. The Labute approximate surface area is 172 Å². The number of amides is 1. The number of nitrogens with zero attached hydrogens (tertiary/aromatic N) is 1. The molecule has 29 heavy (non-hydrogen) atoms. The molecule has 0 aliphatic rings. The first-order valence-corrected chi connectivity index (χ1v) is 9.73. The van der Waals surface area contributed by atoms with Gasteiger partial charge in [0, 0.05) is 17.0 Å². The second kappa shape index (κ2) is 9.04. The number of nitriles is 1. The molecule has 3 rings (SSSR count). The number of benzene rings is 1. The fourth-order valence-corrected chi connectivity index (χ4v) is 3.59. The molecule has 0 spiro atoms. The van der Waals surface area contributed by atoms with Crippen molar-refractivity contribution in [2.45, 2.75) is 13.8 Å². The number of aryl methyl sites for hydroxylation is 1. The standard InChI is InChI=1S/C22H18N2O4S/c1-3-27-22(26)19-18(15-8-6-14(2)7-9-15)13-29-21(19)24-20(25)16(12-23)11-17-5-4-10-28-17/h4-11,13H,3H2,1-2H3,(H,24,25)/b16-11+. The first-order chi connectivity index (χ1) is 14.0. The molecule has 0 atom stereocenters. The lowest BCUT2D eigenvalue weighted by atomic mass is 10.0. The van der Waals surface area contributed by atoms with E-state index in [1.165, 1.54) is 23.7 Å². The fraction of sp³-hybridized carbons (Fsp3) is 0.136. The van der Waals surface area contributed by atoms with Crippen molar-refractivity contribution >= 4 is 34.3 Å². The van der Waals surface area contributed by atoms with E-state index in [9.17, 15) is 14.9 Å². The number of nitrogens with one attached hydrogen (secondary N) is 1. The summed E-state index contributed by atoms with van der Waals surface area (Å²) < 4.78 is 10.3. The van der Waals surface area contributed by atoms with E-state index >= 15 is 0 Å². The smallest absolute Gasteiger partial charge is 0.341 e. The molecule has 0 aliphatic carbocycles. The van der Waals surface area contributed by atoms with Crippen LogP contribution in [0.2, 0.25) is 0 Å². The second-order valence-electron chi connectivity index (χ2n) is 6.08. The Morgan fingerprint density at radius 2 is 2.03 bits per heavy atom. The first kappa shape index (κ1) is 20.1. The van der Waals surface area contributed by atoms with Crippen molar-refractivity contribution < 1.29 is 18.7 Å². The third-order valence-electron chi connectivity index (χ3n) is 4.06. The number of hydrogen-bond donors (Lipinski definition) is 1. The Morgan fingerprint density at radius 1 is 1.28 bits per heavy atom. The lowest BCUT2D eigenvalue weighted by molar-refractivity contribution is -0.112. The van der Waals surface area contributed by atoms with Crippen molar-refractivity contribution in [3.63, 3.8) is 0 Å². The van der Waals surface area contributed by atoms with Gasteiger partial charge < -0.3 is 14.5 Å². The fourth-order valence-electron chi connectivity index (χ4n) is 2.64. The molecule has 3 aromatic rings. The summed E-state index contributed by atoms with van der Waals surface area (Å²) in [6, 6.07) is 12.8. The van der Waals surface area contributed by atoms with Gasteiger partial charge in [-0.3, -0.25) is 4.79 Å². The average molecular weight is 406 g/mol. The van der Waals surface area contributed by atoms with Crippen LogP contribution < -0.4 is 5.32 Å². The second-order valence-corrected chi connectivity index (χ2v) is 6.96. The van der Waals surface area contributed by atoms with Crippen LogP contribution in [0.4, 0.5) is 5.00 Å². The van der Waals surface area contributed by atoms with E-state index in [4.69, 9.17) is 9.15 Å². The molecule has 7 heteroatoms. The number of anilines is 1. The molecule has 146 valence electrons. The normalized spacial score (nSPS) is 11.0. The Morgan fingerprint density at radius 3 is 2.66 bits per heavy atom. The van der Waals surface area contributed by atoms with Gasteiger partial charge >= 0.3 is 5.97 Å². The van der Waals surface area contributed by atoms with Gasteiger partial charge in [-0.15, -0.1) is 11.3 Å². The number of furan rings is 1. The number of ether oxygens (including phenoxy) is 1. The quantitative estimate of drug-likeness (QED) is 0.352. The first-order valence-electron chi connectivity index (χ1n) is 8.85. The predicted molar refractivity (Wildman–Crippen MR) is 111 cm³/mol. The van der Waals surface area contributed by atoms with E-state index in [-0.39, 0.29) is 17.7 Å². The van der Waals surface area contributed by atoms with Crippen LogP contribution in [-0.4, -0.2) is 18.5 Å². The van der Waals surface area contributed by atoms with Crippen molar-refractivity contribution in [2.24, 2.45) is 0 Å². The van der Waals surface area contributed by atoms with Crippen LogP contribution in [0.25, 0.3) is 17.2 Å². The summed E-state index contributed by atoms with van der Waals surface area (Å²) in [5, 5.41) is 14.1. The van der Waals surface area contributed by atoms with Crippen LogP contribution in [0.5, 0.6) is 0 Å². The van der Waals surface area contributed by atoms with Crippen LogP contribution in [0.15, 0.2) is 58.0 Å². The van der Waals surface area contributed by atoms with E-state index in [1.807, 2.05) is 37.3 Å². The topological polar surface area (TPSA) is 92.3 Å². The molecule has 2 heterocycles. The Kier molecular flexibility index (Phi) is 6.27. The monoisotopic (exact) mass is 406 g/mol. The molecule has 0 saturated carbocycles. The summed E-state index contributed by atoms with van der Waals surface area (Å²) in [7, 11) is 0. The zero-order valence-corrected chi connectivity index (χ0v) is 16.7. The van der Waals surface area contributed by atoms with Crippen molar-refractivity contribution in [3.05, 3.63) is 70.5 Å². The maximum absolute atomic E-state index is 12.6. The summed E-state index contributed by atoms with van der Waals surface area (Å²) in [6.45, 7) is 3.90. The third-order valence-corrected chi connectivity index (χ3v) is 4.95. The van der Waals surface area contributed by atoms with E-state index in [0.717, 1.165) is 11.1 Å². The van der Waals surface area contributed by atoms with Crippen LogP contribution in [0, 0.1) is 18.3 Å². The molecule has 1 amide bonds. The molecular formula is C22H18N2O4S. The summed E-state index contributed by atoms with van der Waals surface area (Å²) in [6.07, 6.45) is 2.79. The largest absolute Gasteiger partial charge is 0.465 e. The predicted octanol–water partition coefficient (Wildman–Crippen LogP) is 5.04. The average Bonchev–Trinajstić information content (AvgIpc) is 3.36. The number of thiophene rings is 1. The van der Waals surface area contributed by atoms with E-state index in [1.54, 1.807) is 24.4 Å². The molecule has 1 N–H and O–H groups in total. The molecule has 0 saturated heterocycles. The van der Waals surface area contributed by atoms with Crippen LogP contribution in [0.1, 0.15) is 28.6 Å². The number of esters is 1. The molecule has 1 aromatic carbocycles. The van der Waals surface area contributed by atoms with Gasteiger partial charge in [-0.2, -0.15) is 5.26 Å². The van der Waals surface area contributed by atoms with E-state index < -0.39 is 11.9 Å². The van der Waals surface area contributed by atoms with Gasteiger partial charge in [0.25, 0.3) is 5.91 Å². The minimum atomic E-state index is -0.633. The highest BCUT2D eigenvalue weighted by atomic mass is 32.1. The highest BCUT2D eigenvalue weighted by Crippen LogP contribution is 2.36. The van der Waals surface area contributed by atoms with E-state index in [2.05, 4.69) is 5.32 Å². The van der Waals surface area contributed by atoms with Crippen molar-refractivity contribution in [2.75, 3.05) is 11.9 Å². The maximum atomic E-state index is 12.6. The minimum Gasteiger partial charge on any atom is -0.465 e. The molecular weight excluding hydrogens is 388 g/mol. The zero-order valence-electron chi connectivity index (χ0n) is 15.9. The minimum absolute atomic E-state index is 0.139. The van der Waals surface area contributed by atoms with Crippen LogP contribution in [0.3, 0.4) is 0 Å². The van der Waals surface area contributed by atoms with Crippen LogP contribution >= 0.6 is 11.3 Å². The van der Waals surface area contributed by atoms with Gasteiger partial charge in [-0.25, -0.2) is 4.79 Å². The number of carbonyl (C=O) groups is 2. The molecule has 0 aliphatic heterocycles. The number of carbonyl (C=O) groups excluding carboxylic acids is 2. The molecule has 6 nitrogen and oxygen atoms in total. The highest BCUT2D eigenvalue weighted by Gasteiger charge is 2.23. The van der Waals surface area contributed by atoms with Gasteiger partial charge in [0.2, 0.25) is 0 Å². The highest BCUT2D eigenvalue weighted by molar-refractivity contribution is 7.15. The summed E-state index contributed by atoms with van der Waals surface area (Å²) >= 11 is 1.20. The van der Waals surface area contributed by atoms with Crippen molar-refractivity contribution in [3.8, 4) is 17.2 Å². The summed E-state index contributed by atoms with van der Waals surface area (Å²) in [4.78, 5) is 25.2. The van der Waals surface area contributed by atoms with Gasteiger partial charge in [0.05, 0.1) is 12.9 Å². The number of rotatable bonds is 6. The van der Waals surface area contributed by atoms with Crippen molar-refractivity contribution in [1.82, 2.24) is 0 Å². The Balaban J connectivity index is 1.96. The Hall–Kier alpha value is -3.63. The lowest BCUT2D eigenvalue weighted by Crippen LogP contribution is -2.16. The van der Waals surface area contributed by atoms with Gasteiger partial charge in [-0.05, 0) is 31.5 Å². The Bertz CT molecular complexity index is 1090. The lowest BCUT2D eigenvalue weighted by Gasteiger charge is -2.09. The van der Waals surface area contributed by atoms with E-state index in [0.29, 0.717) is 16.3 Å².